The lowest BCUT2D eigenvalue weighted by Crippen LogP contribution is -2.36. The van der Waals surface area contributed by atoms with Gasteiger partial charge in [-0.1, -0.05) is 23.7 Å². The average Bonchev–Trinajstić information content (AvgIpc) is 3.16. The lowest BCUT2D eigenvalue weighted by Gasteiger charge is -2.33. The molecule has 0 saturated carbocycles. The van der Waals surface area contributed by atoms with E-state index in [4.69, 9.17) is 21.6 Å². The molecule has 0 radical (unpaired) electrons. The van der Waals surface area contributed by atoms with Crippen molar-refractivity contribution in [2.45, 2.75) is 31.7 Å². The second-order valence-corrected chi connectivity index (χ2v) is 8.31. The van der Waals surface area contributed by atoms with Gasteiger partial charge in [0.05, 0.1) is 10.5 Å². The summed E-state index contributed by atoms with van der Waals surface area (Å²) in [6.07, 6.45) is 7.53. The number of nitrogens with zero attached hydrogens (tertiary/aromatic N) is 5. The Bertz CT molecular complexity index is 936. The van der Waals surface area contributed by atoms with Crippen LogP contribution in [0.2, 0.25) is 5.02 Å². The summed E-state index contributed by atoms with van der Waals surface area (Å²) in [6.45, 7) is 4.10. The van der Waals surface area contributed by atoms with Crippen LogP contribution >= 0.6 is 11.6 Å². The van der Waals surface area contributed by atoms with Gasteiger partial charge in [0.15, 0.2) is 0 Å². The fraction of sp³-hybridized carbons (Fsp3) is 0.455. The minimum Gasteiger partial charge on any atom is -0.356 e. The maximum Gasteiger partial charge on any atom is 0.129 e. The van der Waals surface area contributed by atoms with Gasteiger partial charge < -0.3 is 14.4 Å². The van der Waals surface area contributed by atoms with Crippen molar-refractivity contribution in [1.29, 1.82) is 0 Å². The molecule has 1 aliphatic heterocycles. The van der Waals surface area contributed by atoms with Crippen molar-refractivity contribution in [3.63, 3.8) is 0 Å². The van der Waals surface area contributed by atoms with E-state index in [1.807, 2.05) is 18.3 Å². The van der Waals surface area contributed by atoms with E-state index in [1.54, 1.807) is 0 Å². The fourth-order valence-corrected chi connectivity index (χ4v) is 4.32. The summed E-state index contributed by atoms with van der Waals surface area (Å²) in [6, 6.07) is 10.2. The monoisotopic (exact) mass is 397 g/mol. The number of piperidine rings is 1. The topological polar surface area (TPSA) is 37.2 Å². The third-order valence-corrected chi connectivity index (χ3v) is 5.82. The zero-order valence-electron chi connectivity index (χ0n) is 16.7. The first-order valence-corrected chi connectivity index (χ1v) is 10.5. The number of fused-ring (bicyclic) bond motifs is 1. The van der Waals surface area contributed by atoms with E-state index in [-0.39, 0.29) is 0 Å². The Morgan fingerprint density at radius 1 is 1.21 bits per heavy atom. The highest BCUT2D eigenvalue weighted by Gasteiger charge is 2.25. The number of rotatable bonds is 6. The van der Waals surface area contributed by atoms with Crippen LogP contribution in [0, 0.1) is 0 Å². The molecule has 0 amide bonds. The summed E-state index contributed by atoms with van der Waals surface area (Å²) in [5, 5.41) is 1.80. The van der Waals surface area contributed by atoms with Crippen molar-refractivity contribution in [1.82, 2.24) is 19.4 Å². The Morgan fingerprint density at radius 2 is 2.11 bits per heavy atom. The highest BCUT2D eigenvalue weighted by molar-refractivity contribution is 6.35. The number of benzene rings is 1. The van der Waals surface area contributed by atoms with Gasteiger partial charge in [0, 0.05) is 43.3 Å². The van der Waals surface area contributed by atoms with Crippen LogP contribution in [0.4, 0.5) is 5.82 Å². The van der Waals surface area contributed by atoms with Crippen LogP contribution in [0.15, 0.2) is 42.7 Å². The molecule has 3 aromatic rings. The third kappa shape index (κ3) is 4.15. The Morgan fingerprint density at radius 3 is 2.96 bits per heavy atom. The van der Waals surface area contributed by atoms with Gasteiger partial charge in [0.2, 0.25) is 0 Å². The van der Waals surface area contributed by atoms with E-state index in [2.05, 4.69) is 52.9 Å². The van der Waals surface area contributed by atoms with E-state index >= 15 is 0 Å². The molecule has 1 aromatic carbocycles. The Balaban J connectivity index is 1.51. The van der Waals surface area contributed by atoms with Crippen LogP contribution < -0.4 is 4.90 Å². The third-order valence-electron chi connectivity index (χ3n) is 5.52. The van der Waals surface area contributed by atoms with Gasteiger partial charge in [-0.05, 0) is 58.1 Å². The molecular weight excluding hydrogens is 370 g/mol. The zero-order valence-corrected chi connectivity index (χ0v) is 17.4. The van der Waals surface area contributed by atoms with Crippen LogP contribution in [0.1, 0.15) is 31.0 Å². The van der Waals surface area contributed by atoms with E-state index in [9.17, 15) is 0 Å². The van der Waals surface area contributed by atoms with Crippen molar-refractivity contribution < 1.29 is 0 Å². The van der Waals surface area contributed by atoms with Crippen LogP contribution in [0.25, 0.3) is 10.9 Å². The number of aromatic nitrogens is 3. The second kappa shape index (κ2) is 8.50. The molecule has 148 valence electrons. The molecule has 0 spiro atoms. The molecule has 0 aliphatic carbocycles. The Labute approximate surface area is 171 Å². The molecule has 2 aromatic heterocycles. The van der Waals surface area contributed by atoms with Gasteiger partial charge in [0.25, 0.3) is 0 Å². The summed E-state index contributed by atoms with van der Waals surface area (Å²) in [5.74, 6) is 2.66. The van der Waals surface area contributed by atoms with Crippen molar-refractivity contribution in [2.24, 2.45) is 0 Å². The zero-order chi connectivity index (χ0) is 19.5. The molecule has 3 heterocycles. The quantitative estimate of drug-likeness (QED) is 0.617. The van der Waals surface area contributed by atoms with Gasteiger partial charge in [-0.25, -0.2) is 9.97 Å². The molecule has 1 aliphatic rings. The molecule has 0 bridgehead atoms. The number of hydrogen-bond acceptors (Lipinski definition) is 4. The van der Waals surface area contributed by atoms with Gasteiger partial charge in [-0.15, -0.1) is 0 Å². The maximum atomic E-state index is 6.37. The fourth-order valence-electron chi connectivity index (χ4n) is 4.10. The standard InChI is InChI=1S/C22H28ClN5/c1-26(2)12-5-14-27-15-11-24-22(27)18-7-4-13-28(16-18)20-10-9-17-6-3-8-19(23)21(17)25-20/h3,6,8-11,15,18H,4-5,7,12-14,16H2,1-2H3. The molecule has 1 atom stereocenters. The van der Waals surface area contributed by atoms with E-state index in [0.717, 1.165) is 55.7 Å². The molecule has 28 heavy (non-hydrogen) atoms. The van der Waals surface area contributed by atoms with Crippen LogP contribution in [-0.2, 0) is 6.54 Å². The van der Waals surface area contributed by atoms with E-state index in [0.29, 0.717) is 10.9 Å². The van der Waals surface area contributed by atoms with Gasteiger partial charge >= 0.3 is 0 Å². The highest BCUT2D eigenvalue weighted by atomic mass is 35.5. The number of anilines is 1. The number of para-hydroxylation sites is 1. The minimum absolute atomic E-state index is 0.437. The van der Waals surface area contributed by atoms with Gasteiger partial charge in [-0.2, -0.15) is 0 Å². The second-order valence-electron chi connectivity index (χ2n) is 7.90. The summed E-state index contributed by atoms with van der Waals surface area (Å²) >= 11 is 6.37. The van der Waals surface area contributed by atoms with Crippen LogP contribution in [0.3, 0.4) is 0 Å². The molecule has 0 N–H and O–H groups in total. The average molecular weight is 398 g/mol. The smallest absolute Gasteiger partial charge is 0.129 e. The number of halogens is 1. The normalized spacial score (nSPS) is 17.6. The predicted octanol–water partition coefficient (Wildman–Crippen LogP) is 4.42. The van der Waals surface area contributed by atoms with E-state index in [1.165, 1.54) is 12.2 Å². The van der Waals surface area contributed by atoms with Crippen molar-refractivity contribution in [3.05, 3.63) is 53.6 Å². The molecule has 4 rings (SSSR count). The molecule has 5 nitrogen and oxygen atoms in total. The molecular formula is C22H28ClN5. The lowest BCUT2D eigenvalue weighted by atomic mass is 9.97. The minimum atomic E-state index is 0.437. The predicted molar refractivity (Wildman–Crippen MR) is 116 cm³/mol. The van der Waals surface area contributed by atoms with Gasteiger partial charge in [-0.3, -0.25) is 0 Å². The number of pyridine rings is 1. The first-order chi connectivity index (χ1) is 13.6. The lowest BCUT2D eigenvalue weighted by molar-refractivity contribution is 0.380. The molecule has 1 fully saturated rings. The number of imidazole rings is 1. The first-order valence-electron chi connectivity index (χ1n) is 10.1. The van der Waals surface area contributed by atoms with E-state index < -0.39 is 0 Å². The Kier molecular flexibility index (Phi) is 5.83. The molecule has 1 saturated heterocycles. The highest BCUT2D eigenvalue weighted by Crippen LogP contribution is 2.30. The van der Waals surface area contributed by atoms with Crippen molar-refractivity contribution >= 4 is 28.3 Å². The summed E-state index contributed by atoms with van der Waals surface area (Å²) in [4.78, 5) is 14.2. The first kappa shape index (κ1) is 19.2. The number of hydrogen-bond donors (Lipinski definition) is 0. The largest absolute Gasteiger partial charge is 0.356 e. The van der Waals surface area contributed by atoms with Crippen LogP contribution in [-0.4, -0.2) is 53.2 Å². The molecule has 1 unspecified atom stereocenters. The summed E-state index contributed by atoms with van der Waals surface area (Å²) in [5.41, 5.74) is 0.883. The number of aryl methyl sites for hydroxylation is 1. The van der Waals surface area contributed by atoms with Crippen molar-refractivity contribution in [2.75, 3.05) is 38.6 Å². The van der Waals surface area contributed by atoms with Crippen molar-refractivity contribution in [3.8, 4) is 0 Å². The maximum absolute atomic E-state index is 6.37. The van der Waals surface area contributed by atoms with Crippen LogP contribution in [0.5, 0.6) is 0 Å². The SMILES string of the molecule is CN(C)CCCn1ccnc1C1CCCN(c2ccc3cccc(Cl)c3n2)C1. The summed E-state index contributed by atoms with van der Waals surface area (Å²) < 4.78 is 2.34. The Hall–Kier alpha value is -2.11. The summed E-state index contributed by atoms with van der Waals surface area (Å²) in [7, 11) is 4.24. The molecule has 6 heteroatoms. The van der Waals surface area contributed by atoms with Gasteiger partial charge in [0.1, 0.15) is 11.6 Å².